The summed E-state index contributed by atoms with van der Waals surface area (Å²) in [6.45, 7) is 0. The van der Waals surface area contributed by atoms with E-state index in [-0.39, 0.29) is 5.92 Å². The number of thioether (sulfide) groups is 1. The van der Waals surface area contributed by atoms with E-state index in [0.29, 0.717) is 5.25 Å². The molecular formula is C14H16O2S. The topological polar surface area (TPSA) is 37.3 Å². The molecule has 0 amide bonds. The molecule has 1 aromatic carbocycles. The lowest BCUT2D eigenvalue weighted by atomic mass is 9.96. The summed E-state index contributed by atoms with van der Waals surface area (Å²) < 4.78 is 0. The highest BCUT2D eigenvalue weighted by atomic mass is 32.2. The molecular weight excluding hydrogens is 232 g/mol. The highest BCUT2D eigenvalue weighted by Gasteiger charge is 2.23. The summed E-state index contributed by atoms with van der Waals surface area (Å²) in [6, 6.07) is 10.3. The van der Waals surface area contributed by atoms with E-state index in [0.717, 1.165) is 18.6 Å². The number of allylic oxidation sites excluding steroid dienone is 1. The molecule has 3 heteroatoms. The van der Waals surface area contributed by atoms with Crippen LogP contribution in [0.3, 0.4) is 0 Å². The van der Waals surface area contributed by atoms with Crippen molar-refractivity contribution in [2.45, 2.75) is 23.8 Å². The Balaban J connectivity index is 1.85. The molecule has 0 heterocycles. The Morgan fingerprint density at radius 2 is 2.12 bits per heavy atom. The fourth-order valence-corrected chi connectivity index (χ4v) is 3.17. The van der Waals surface area contributed by atoms with E-state index in [1.165, 1.54) is 5.56 Å². The van der Waals surface area contributed by atoms with Gasteiger partial charge in [-0.2, -0.15) is 11.8 Å². The van der Waals surface area contributed by atoms with E-state index >= 15 is 0 Å². The first kappa shape index (κ1) is 12.2. The number of hydrogen-bond donors (Lipinski definition) is 1. The maximum absolute atomic E-state index is 10.9. The average molecular weight is 248 g/mol. The maximum Gasteiger partial charge on any atom is 0.310 e. The minimum Gasteiger partial charge on any atom is -0.481 e. The van der Waals surface area contributed by atoms with Gasteiger partial charge in [-0.15, -0.1) is 0 Å². The zero-order valence-corrected chi connectivity index (χ0v) is 10.4. The summed E-state index contributed by atoms with van der Waals surface area (Å²) in [5.41, 5.74) is 1.30. The summed E-state index contributed by atoms with van der Waals surface area (Å²) in [4.78, 5) is 10.9. The molecule has 0 aromatic heterocycles. The number of aliphatic carboxylic acids is 1. The normalized spacial score (nSPS) is 23.5. The second kappa shape index (κ2) is 5.92. The lowest BCUT2D eigenvalue weighted by Crippen LogP contribution is -2.20. The Kier molecular flexibility index (Phi) is 4.26. The molecule has 0 aliphatic heterocycles. The summed E-state index contributed by atoms with van der Waals surface area (Å²) in [7, 11) is 0. The molecule has 2 atom stereocenters. The van der Waals surface area contributed by atoms with Crippen molar-refractivity contribution in [2.75, 3.05) is 0 Å². The molecule has 1 aliphatic rings. The first-order chi connectivity index (χ1) is 8.25. The average Bonchev–Trinajstić information content (AvgIpc) is 2.38. The van der Waals surface area contributed by atoms with Crippen molar-refractivity contribution in [2.24, 2.45) is 5.92 Å². The molecule has 2 unspecified atom stereocenters. The second-order valence-corrected chi connectivity index (χ2v) is 5.55. The van der Waals surface area contributed by atoms with Gasteiger partial charge in [0.05, 0.1) is 5.92 Å². The van der Waals surface area contributed by atoms with Gasteiger partial charge in [0, 0.05) is 11.0 Å². The van der Waals surface area contributed by atoms with Crippen LogP contribution in [-0.2, 0) is 10.5 Å². The predicted molar refractivity (Wildman–Crippen MR) is 71.0 cm³/mol. The van der Waals surface area contributed by atoms with Crippen LogP contribution >= 0.6 is 11.8 Å². The molecule has 17 heavy (non-hydrogen) atoms. The summed E-state index contributed by atoms with van der Waals surface area (Å²) in [6.07, 6.45) is 5.57. The van der Waals surface area contributed by atoms with Crippen molar-refractivity contribution >= 4 is 17.7 Å². The molecule has 1 aliphatic carbocycles. The van der Waals surface area contributed by atoms with Crippen molar-refractivity contribution < 1.29 is 9.90 Å². The van der Waals surface area contributed by atoms with Crippen molar-refractivity contribution in [3.63, 3.8) is 0 Å². The van der Waals surface area contributed by atoms with E-state index in [2.05, 4.69) is 12.1 Å². The van der Waals surface area contributed by atoms with Crippen molar-refractivity contribution in [3.05, 3.63) is 48.0 Å². The fourth-order valence-electron chi connectivity index (χ4n) is 1.96. The van der Waals surface area contributed by atoms with E-state index in [1.54, 1.807) is 0 Å². The highest BCUT2D eigenvalue weighted by Crippen LogP contribution is 2.30. The van der Waals surface area contributed by atoms with Crippen LogP contribution in [0.15, 0.2) is 42.5 Å². The van der Waals surface area contributed by atoms with Crippen LogP contribution in [0.4, 0.5) is 0 Å². The van der Waals surface area contributed by atoms with Crippen molar-refractivity contribution in [3.8, 4) is 0 Å². The standard InChI is InChI=1S/C14H16O2S/c15-14(16)12-7-4-8-13(9-12)17-10-11-5-2-1-3-6-11/h1-7,12-13H,8-10H2,(H,15,16). The van der Waals surface area contributed by atoms with Crippen LogP contribution in [-0.4, -0.2) is 16.3 Å². The van der Waals surface area contributed by atoms with Gasteiger partial charge >= 0.3 is 5.97 Å². The van der Waals surface area contributed by atoms with Gasteiger partial charge in [-0.3, -0.25) is 4.79 Å². The van der Waals surface area contributed by atoms with Crippen LogP contribution in [0.5, 0.6) is 0 Å². The van der Waals surface area contributed by atoms with E-state index in [1.807, 2.05) is 42.1 Å². The first-order valence-electron chi connectivity index (χ1n) is 5.80. The van der Waals surface area contributed by atoms with Gasteiger partial charge in [0.15, 0.2) is 0 Å². The van der Waals surface area contributed by atoms with Crippen LogP contribution < -0.4 is 0 Å². The highest BCUT2D eigenvalue weighted by molar-refractivity contribution is 7.99. The van der Waals surface area contributed by atoms with Gasteiger partial charge < -0.3 is 5.11 Å². The monoisotopic (exact) mass is 248 g/mol. The zero-order chi connectivity index (χ0) is 12.1. The van der Waals surface area contributed by atoms with Gasteiger partial charge in [0.2, 0.25) is 0 Å². The first-order valence-corrected chi connectivity index (χ1v) is 6.85. The van der Waals surface area contributed by atoms with E-state index in [4.69, 9.17) is 5.11 Å². The molecule has 90 valence electrons. The summed E-state index contributed by atoms with van der Waals surface area (Å²) >= 11 is 1.86. The molecule has 0 radical (unpaired) electrons. The molecule has 0 saturated heterocycles. The second-order valence-electron chi connectivity index (χ2n) is 4.26. The Morgan fingerprint density at radius 3 is 2.82 bits per heavy atom. The molecule has 0 spiro atoms. The van der Waals surface area contributed by atoms with Gasteiger partial charge in [0.25, 0.3) is 0 Å². The van der Waals surface area contributed by atoms with Crippen molar-refractivity contribution in [1.29, 1.82) is 0 Å². The largest absolute Gasteiger partial charge is 0.481 e. The maximum atomic E-state index is 10.9. The van der Waals surface area contributed by atoms with E-state index in [9.17, 15) is 4.79 Å². The summed E-state index contributed by atoms with van der Waals surface area (Å²) in [5.74, 6) is -0.0330. The number of hydrogen-bond acceptors (Lipinski definition) is 2. The lowest BCUT2D eigenvalue weighted by molar-refractivity contribution is -0.140. The number of rotatable bonds is 4. The van der Waals surface area contributed by atoms with Crippen LogP contribution in [0.25, 0.3) is 0 Å². The molecule has 2 nitrogen and oxygen atoms in total. The van der Waals surface area contributed by atoms with Crippen LogP contribution in [0.1, 0.15) is 18.4 Å². The number of benzene rings is 1. The van der Waals surface area contributed by atoms with Gasteiger partial charge in [-0.05, 0) is 18.4 Å². The zero-order valence-electron chi connectivity index (χ0n) is 9.58. The predicted octanol–water partition coefficient (Wildman–Crippen LogP) is 3.34. The third-order valence-electron chi connectivity index (χ3n) is 2.93. The lowest BCUT2D eigenvalue weighted by Gasteiger charge is -2.21. The number of carbonyl (C=O) groups is 1. The third-order valence-corrected chi connectivity index (χ3v) is 4.29. The smallest absolute Gasteiger partial charge is 0.310 e. The Bertz CT molecular complexity index is 400. The fraction of sp³-hybridized carbons (Fsp3) is 0.357. The van der Waals surface area contributed by atoms with E-state index < -0.39 is 5.97 Å². The Labute approximate surface area is 106 Å². The van der Waals surface area contributed by atoms with Crippen LogP contribution in [0.2, 0.25) is 0 Å². The molecule has 0 bridgehead atoms. The van der Waals surface area contributed by atoms with Gasteiger partial charge in [-0.25, -0.2) is 0 Å². The number of carboxylic acid groups (broad SMARTS) is 1. The molecule has 0 fully saturated rings. The third kappa shape index (κ3) is 3.63. The van der Waals surface area contributed by atoms with Crippen molar-refractivity contribution in [1.82, 2.24) is 0 Å². The number of carboxylic acids is 1. The minimum absolute atomic E-state index is 0.294. The SMILES string of the molecule is O=C(O)C1C=CCC(SCc2ccccc2)C1. The van der Waals surface area contributed by atoms with Crippen LogP contribution in [0, 0.1) is 5.92 Å². The quantitative estimate of drug-likeness (QED) is 0.830. The molecule has 1 aromatic rings. The Hall–Kier alpha value is -1.22. The van der Waals surface area contributed by atoms with Gasteiger partial charge in [-0.1, -0.05) is 42.5 Å². The molecule has 1 N–H and O–H groups in total. The molecule has 0 saturated carbocycles. The summed E-state index contributed by atoms with van der Waals surface area (Å²) in [5, 5.41) is 9.41. The molecule has 2 rings (SSSR count). The minimum atomic E-state index is -0.703. The van der Waals surface area contributed by atoms with Gasteiger partial charge in [0.1, 0.15) is 0 Å². The Morgan fingerprint density at radius 1 is 1.35 bits per heavy atom.